The molecule has 5 aromatic rings. The van der Waals surface area contributed by atoms with Crippen molar-refractivity contribution in [3.8, 4) is 11.5 Å². The summed E-state index contributed by atoms with van der Waals surface area (Å²) in [5.74, 6) is 0.123. The molecule has 3 fully saturated rings. The number of hydrogen-bond donors (Lipinski definition) is 3. The third-order valence-corrected chi connectivity index (χ3v) is 13.2. The van der Waals surface area contributed by atoms with Gasteiger partial charge in [0.2, 0.25) is 0 Å². The van der Waals surface area contributed by atoms with Gasteiger partial charge in [0.1, 0.15) is 22.8 Å². The van der Waals surface area contributed by atoms with Gasteiger partial charge in [-0.05, 0) is 129 Å². The van der Waals surface area contributed by atoms with E-state index in [2.05, 4.69) is 37.0 Å². The third kappa shape index (κ3) is 8.79. The highest BCUT2D eigenvalue weighted by Crippen LogP contribution is 2.42. The second-order valence-electron chi connectivity index (χ2n) is 15.2. The number of rotatable bonds is 12. The normalized spacial score (nSPS) is 20.7. The Hall–Kier alpha value is -5.02. The molecule has 15 heteroatoms. The van der Waals surface area contributed by atoms with Gasteiger partial charge in [-0.3, -0.25) is 19.8 Å². The molecule has 8 rings (SSSR count). The van der Waals surface area contributed by atoms with Crippen molar-refractivity contribution in [2.75, 3.05) is 31.6 Å². The number of H-pyrrole nitrogens is 1. The number of aromatic amines is 1. The Morgan fingerprint density at radius 2 is 1.74 bits per heavy atom. The highest BCUT2D eigenvalue weighted by molar-refractivity contribution is 7.90. The Morgan fingerprint density at radius 3 is 2.51 bits per heavy atom. The van der Waals surface area contributed by atoms with Crippen molar-refractivity contribution in [2.24, 2.45) is 5.92 Å². The number of carbonyl (C=O) groups is 1. The van der Waals surface area contributed by atoms with Crippen LogP contribution in [-0.4, -0.2) is 66.5 Å². The summed E-state index contributed by atoms with van der Waals surface area (Å²) in [6.45, 7) is 2.82. The first kappa shape index (κ1) is 38.8. The summed E-state index contributed by atoms with van der Waals surface area (Å²) in [5.41, 5.74) is 2.76. The van der Waals surface area contributed by atoms with Crippen molar-refractivity contribution >= 4 is 49.9 Å². The number of nitrogens with zero attached hydrogens (tertiary/aromatic N) is 3. The predicted molar refractivity (Wildman–Crippen MR) is 218 cm³/mol. The zero-order valence-electron chi connectivity index (χ0n) is 31.4. The zero-order chi connectivity index (χ0) is 39.5. The van der Waals surface area contributed by atoms with Crippen molar-refractivity contribution < 1.29 is 27.6 Å². The molecule has 3 N–H and O–H groups in total. The fourth-order valence-electron chi connectivity index (χ4n) is 8.60. The average Bonchev–Trinajstić information content (AvgIpc) is 3.91. The van der Waals surface area contributed by atoms with Crippen molar-refractivity contribution in [1.29, 1.82) is 0 Å². The molecule has 3 aliphatic rings. The Bertz CT molecular complexity index is 2360. The minimum absolute atomic E-state index is 0.00250. The Morgan fingerprint density at radius 1 is 0.965 bits per heavy atom. The number of nitro benzene ring substituents is 1. The number of nitrogens with one attached hydrogen (secondary N) is 3. The number of halogens is 1. The number of pyridine rings is 1. The molecule has 2 aromatic heterocycles. The lowest BCUT2D eigenvalue weighted by Crippen LogP contribution is -2.37. The second-order valence-corrected chi connectivity index (χ2v) is 17.3. The molecule has 57 heavy (non-hydrogen) atoms. The lowest BCUT2D eigenvalue weighted by atomic mass is 9.80. The first-order valence-electron chi connectivity index (χ1n) is 19.5. The topological polar surface area (TPSA) is 169 Å². The van der Waals surface area contributed by atoms with Crippen LogP contribution in [0.2, 0.25) is 5.02 Å². The van der Waals surface area contributed by atoms with E-state index < -0.39 is 31.4 Å². The highest BCUT2D eigenvalue weighted by atomic mass is 35.5. The van der Waals surface area contributed by atoms with Gasteiger partial charge in [0.25, 0.3) is 21.6 Å². The van der Waals surface area contributed by atoms with E-state index >= 15 is 0 Å². The minimum Gasteiger partial charge on any atom is -0.455 e. The SMILES string of the molecule is O=C(NS(=O)(=O)c1ccc(NCC2CCOCC2)c([N+](=O)[O-])c1)c1ccc(C2CCC(N3CCC[C@@H]3c3ccc(Cl)cc3)CC2)cc1Oc1cnc2[nH]ccc2c1. The zero-order valence-corrected chi connectivity index (χ0v) is 32.9. The Balaban J connectivity index is 1.01. The van der Waals surface area contributed by atoms with Crippen LogP contribution in [0.5, 0.6) is 11.5 Å². The standard InChI is InChI=1S/C42H45ClN6O7S/c43-32-8-3-29(4-9-32)38-2-1-19-48(38)33-10-5-28(6-11-33)30-7-13-36(40(23-30)56-34-22-31-15-18-44-41(31)46-26-34)42(50)47-57(53,54)35-12-14-37(39(24-35)49(51)52)45-25-27-16-20-55-21-17-27/h3-4,7-9,12-15,18,22-24,26-28,33,38,45H,1-2,5-6,10-11,16-17,19-21,25H2,(H,44,46)(H,47,50)/t28?,33?,38-/m1/s1. The maximum atomic E-state index is 13.9. The summed E-state index contributed by atoms with van der Waals surface area (Å²) < 4.78 is 41.1. The summed E-state index contributed by atoms with van der Waals surface area (Å²) in [7, 11) is -4.53. The fraction of sp³-hybridized carbons (Fsp3) is 0.381. The smallest absolute Gasteiger partial charge is 0.293 e. The van der Waals surface area contributed by atoms with E-state index in [-0.39, 0.29) is 28.8 Å². The van der Waals surface area contributed by atoms with E-state index in [4.69, 9.17) is 21.1 Å². The lowest BCUT2D eigenvalue weighted by Gasteiger charge is -2.38. The number of nitro groups is 1. The molecule has 0 unspecified atom stereocenters. The van der Waals surface area contributed by atoms with Gasteiger partial charge in [0.05, 0.1) is 21.6 Å². The van der Waals surface area contributed by atoms with Crippen molar-refractivity contribution in [1.82, 2.24) is 19.6 Å². The van der Waals surface area contributed by atoms with Gasteiger partial charge in [-0.15, -0.1) is 0 Å². The monoisotopic (exact) mass is 812 g/mol. The van der Waals surface area contributed by atoms with Crippen LogP contribution in [0.1, 0.15) is 84.8 Å². The van der Waals surface area contributed by atoms with Crippen LogP contribution in [0.3, 0.4) is 0 Å². The molecule has 4 heterocycles. The van der Waals surface area contributed by atoms with E-state index in [1.165, 1.54) is 17.7 Å². The maximum absolute atomic E-state index is 13.9. The van der Waals surface area contributed by atoms with Crippen LogP contribution >= 0.6 is 11.6 Å². The summed E-state index contributed by atoms with van der Waals surface area (Å²) in [5, 5.41) is 16.7. The van der Waals surface area contributed by atoms with Gasteiger partial charge in [-0.2, -0.15) is 0 Å². The lowest BCUT2D eigenvalue weighted by molar-refractivity contribution is -0.384. The summed E-state index contributed by atoms with van der Waals surface area (Å²) in [6, 6.07) is 21.6. The van der Waals surface area contributed by atoms with E-state index in [0.29, 0.717) is 43.2 Å². The molecule has 2 saturated heterocycles. The first-order chi connectivity index (χ1) is 27.6. The molecule has 298 valence electrons. The summed E-state index contributed by atoms with van der Waals surface area (Å²) >= 11 is 6.18. The van der Waals surface area contributed by atoms with Crippen molar-refractivity contribution in [3.05, 3.63) is 117 Å². The van der Waals surface area contributed by atoms with Gasteiger partial charge >= 0.3 is 0 Å². The molecular weight excluding hydrogens is 768 g/mol. The molecule has 13 nitrogen and oxygen atoms in total. The van der Waals surface area contributed by atoms with Crippen LogP contribution in [0.15, 0.2) is 90.1 Å². The van der Waals surface area contributed by atoms with Gasteiger partial charge < -0.3 is 19.8 Å². The van der Waals surface area contributed by atoms with E-state index in [9.17, 15) is 23.3 Å². The number of anilines is 1. The summed E-state index contributed by atoms with van der Waals surface area (Å²) in [6.07, 6.45) is 11.2. The number of carbonyl (C=O) groups excluding carboxylic acids is 1. The van der Waals surface area contributed by atoms with Crippen LogP contribution < -0.4 is 14.8 Å². The number of fused-ring (bicyclic) bond motifs is 1. The molecule has 2 aliphatic heterocycles. The predicted octanol–water partition coefficient (Wildman–Crippen LogP) is 8.74. The van der Waals surface area contributed by atoms with Gasteiger partial charge in [0, 0.05) is 54.5 Å². The molecule has 0 radical (unpaired) electrons. The number of ether oxygens (including phenoxy) is 2. The number of amides is 1. The van der Waals surface area contributed by atoms with Crippen LogP contribution in [0.25, 0.3) is 11.0 Å². The van der Waals surface area contributed by atoms with Crippen molar-refractivity contribution in [3.63, 3.8) is 0 Å². The second kappa shape index (κ2) is 16.8. The van der Waals surface area contributed by atoms with Crippen LogP contribution in [0.4, 0.5) is 11.4 Å². The molecule has 0 spiro atoms. The molecular formula is C42H45ClN6O7S. The number of aromatic nitrogens is 2. The van der Waals surface area contributed by atoms with Crippen LogP contribution in [-0.2, 0) is 14.8 Å². The summed E-state index contributed by atoms with van der Waals surface area (Å²) in [4.78, 5) is 35.0. The van der Waals surface area contributed by atoms with Crippen molar-refractivity contribution in [2.45, 2.75) is 74.3 Å². The quantitative estimate of drug-likeness (QED) is 0.0818. The first-order valence-corrected chi connectivity index (χ1v) is 21.4. The Labute approximate surface area is 336 Å². The number of hydrogen-bond acceptors (Lipinski definition) is 10. The van der Waals surface area contributed by atoms with Gasteiger partial charge in [0.15, 0.2) is 0 Å². The third-order valence-electron chi connectivity index (χ3n) is 11.7. The fourth-order valence-corrected chi connectivity index (χ4v) is 9.71. The maximum Gasteiger partial charge on any atom is 0.293 e. The number of likely N-dealkylation sites (tertiary alicyclic amines) is 1. The molecule has 0 bridgehead atoms. The van der Waals surface area contributed by atoms with E-state index in [1.54, 1.807) is 24.5 Å². The van der Waals surface area contributed by atoms with Gasteiger partial charge in [-0.25, -0.2) is 18.1 Å². The Kier molecular flexibility index (Phi) is 11.5. The van der Waals surface area contributed by atoms with E-state index in [1.807, 2.05) is 30.3 Å². The highest BCUT2D eigenvalue weighted by Gasteiger charge is 2.35. The average molecular weight is 813 g/mol. The largest absolute Gasteiger partial charge is 0.455 e. The molecule has 1 atom stereocenters. The molecule has 1 aliphatic carbocycles. The number of sulfonamides is 1. The minimum atomic E-state index is -4.53. The van der Waals surface area contributed by atoms with Gasteiger partial charge in [-0.1, -0.05) is 29.8 Å². The molecule has 1 amide bonds. The molecule has 3 aromatic carbocycles. The number of benzene rings is 3. The molecule has 1 saturated carbocycles. The van der Waals surface area contributed by atoms with Crippen LogP contribution in [0, 0.1) is 16.0 Å². The van der Waals surface area contributed by atoms with E-state index in [0.717, 1.165) is 80.0 Å².